The highest BCUT2D eigenvalue weighted by molar-refractivity contribution is 7.27. The Balaban J connectivity index is 2.85. The molecule has 1 nitrogen and oxygen atoms in total. The maximum absolute atomic E-state index is 13.7. The summed E-state index contributed by atoms with van der Waals surface area (Å²) >= 11 is 0. The van der Waals surface area contributed by atoms with Gasteiger partial charge in [-0.15, -0.1) is 9.24 Å². The second-order valence-corrected chi connectivity index (χ2v) is 4.49. The number of rotatable bonds is 3. The van der Waals surface area contributed by atoms with Crippen molar-refractivity contribution < 1.29 is 4.39 Å². The normalized spacial score (nSPS) is 13.7. The van der Waals surface area contributed by atoms with Gasteiger partial charge >= 0.3 is 0 Å². The molecule has 0 aliphatic rings. The number of hydrogen-bond acceptors (Lipinski definition) is 1. The first-order valence-electron chi connectivity index (χ1n) is 5.18. The summed E-state index contributed by atoms with van der Waals surface area (Å²) < 4.78 is 13.7. The molecular formula is C13H17FNP. The van der Waals surface area contributed by atoms with E-state index >= 15 is 0 Å². The van der Waals surface area contributed by atoms with E-state index < -0.39 is 0 Å². The number of aliphatic imine (C=N–C) groups is 1. The molecule has 86 valence electrons. The van der Waals surface area contributed by atoms with Gasteiger partial charge in [-0.25, -0.2) is 4.39 Å². The van der Waals surface area contributed by atoms with E-state index in [9.17, 15) is 4.39 Å². The third kappa shape index (κ3) is 3.53. The summed E-state index contributed by atoms with van der Waals surface area (Å²) in [6, 6.07) is 8.03. The molecule has 0 fully saturated rings. The molecule has 16 heavy (non-hydrogen) atoms. The Kier molecular flexibility index (Phi) is 4.82. The fourth-order valence-corrected chi connectivity index (χ4v) is 1.62. The maximum Gasteiger partial charge on any atom is 0.143 e. The van der Waals surface area contributed by atoms with E-state index in [0.29, 0.717) is 12.1 Å². The van der Waals surface area contributed by atoms with E-state index in [0.717, 1.165) is 16.4 Å². The molecule has 1 aromatic rings. The minimum atomic E-state index is -0.197. The summed E-state index contributed by atoms with van der Waals surface area (Å²) in [7, 11) is 4.23. The second-order valence-electron chi connectivity index (χ2n) is 3.82. The van der Waals surface area contributed by atoms with E-state index in [2.05, 4.69) is 14.2 Å². The predicted molar refractivity (Wildman–Crippen MR) is 72.3 cm³/mol. The first-order valence-corrected chi connectivity index (χ1v) is 5.75. The molecule has 0 bridgehead atoms. The fraction of sp³-hybridized carbons (Fsp3) is 0.308. The number of halogens is 1. The Morgan fingerprint density at radius 3 is 2.31 bits per heavy atom. The molecule has 0 aliphatic carbocycles. The van der Waals surface area contributed by atoms with E-state index in [1.54, 1.807) is 20.9 Å². The smallest absolute Gasteiger partial charge is 0.143 e. The van der Waals surface area contributed by atoms with Crippen LogP contribution in [-0.2, 0) is 6.42 Å². The van der Waals surface area contributed by atoms with Gasteiger partial charge in [0.15, 0.2) is 0 Å². The van der Waals surface area contributed by atoms with Gasteiger partial charge in [-0.05, 0) is 36.7 Å². The van der Waals surface area contributed by atoms with Crippen molar-refractivity contribution >= 4 is 20.3 Å². The number of hydrogen-bond donors (Lipinski definition) is 0. The minimum absolute atomic E-state index is 0.197. The highest BCUT2D eigenvalue weighted by Crippen LogP contribution is 2.14. The molecule has 0 aliphatic heterocycles. The lowest BCUT2D eigenvalue weighted by Gasteiger charge is -2.05. The Bertz CT molecular complexity index is 418. The lowest BCUT2D eigenvalue weighted by Crippen LogP contribution is -1.99. The van der Waals surface area contributed by atoms with Gasteiger partial charge in [-0.1, -0.05) is 24.3 Å². The number of allylic oxidation sites excluding steroid dienone is 2. The van der Waals surface area contributed by atoms with Crippen molar-refractivity contribution in [2.75, 3.05) is 7.05 Å². The van der Waals surface area contributed by atoms with Crippen LogP contribution in [0.4, 0.5) is 4.39 Å². The summed E-state index contributed by atoms with van der Waals surface area (Å²) in [6.07, 6.45) is 0.629. The molecule has 0 radical (unpaired) electrons. The van der Waals surface area contributed by atoms with Crippen molar-refractivity contribution in [2.24, 2.45) is 4.99 Å². The van der Waals surface area contributed by atoms with Crippen LogP contribution in [0.2, 0.25) is 0 Å². The largest absolute Gasteiger partial charge is 0.290 e. The highest BCUT2D eigenvalue weighted by Gasteiger charge is 2.05. The zero-order valence-electron chi connectivity index (χ0n) is 9.92. The molecule has 1 unspecified atom stereocenters. The van der Waals surface area contributed by atoms with Crippen LogP contribution >= 0.6 is 9.24 Å². The Morgan fingerprint density at radius 1 is 1.25 bits per heavy atom. The average molecular weight is 237 g/mol. The first kappa shape index (κ1) is 13.1. The predicted octanol–water partition coefficient (Wildman–Crippen LogP) is 3.06. The molecule has 1 atom stereocenters. The van der Waals surface area contributed by atoms with Crippen molar-refractivity contribution in [2.45, 2.75) is 20.3 Å². The van der Waals surface area contributed by atoms with Crippen LogP contribution in [0.3, 0.4) is 0 Å². The molecule has 0 spiro atoms. The number of nitrogens with zero attached hydrogens (tertiary/aromatic N) is 1. The van der Waals surface area contributed by atoms with Crippen LogP contribution in [0.25, 0.3) is 0 Å². The summed E-state index contributed by atoms with van der Waals surface area (Å²) in [5.41, 5.74) is 2.29. The van der Waals surface area contributed by atoms with Crippen molar-refractivity contribution in [3.63, 3.8) is 0 Å². The molecule has 0 saturated carbocycles. The van der Waals surface area contributed by atoms with Gasteiger partial charge in [0.25, 0.3) is 0 Å². The molecule has 0 heterocycles. The average Bonchev–Trinajstić information content (AvgIpc) is 2.30. The maximum atomic E-state index is 13.7. The van der Waals surface area contributed by atoms with Crippen LogP contribution in [0.15, 0.2) is 40.7 Å². The highest BCUT2D eigenvalue weighted by atomic mass is 31.0. The quantitative estimate of drug-likeness (QED) is 0.566. The van der Waals surface area contributed by atoms with Gasteiger partial charge in [-0.3, -0.25) is 4.99 Å². The van der Waals surface area contributed by atoms with Crippen LogP contribution in [0, 0.1) is 0 Å². The Morgan fingerprint density at radius 2 is 1.81 bits per heavy atom. The Hall–Kier alpha value is -1.01. The zero-order chi connectivity index (χ0) is 12.1. The monoisotopic (exact) mass is 237 g/mol. The second kappa shape index (κ2) is 5.91. The van der Waals surface area contributed by atoms with Crippen molar-refractivity contribution in [3.05, 3.63) is 41.2 Å². The van der Waals surface area contributed by atoms with Crippen molar-refractivity contribution in [1.82, 2.24) is 0 Å². The summed E-state index contributed by atoms with van der Waals surface area (Å²) in [5, 5.41) is 1.14. The van der Waals surface area contributed by atoms with E-state index in [1.807, 2.05) is 24.3 Å². The van der Waals surface area contributed by atoms with E-state index in [1.165, 1.54) is 0 Å². The van der Waals surface area contributed by atoms with Crippen LogP contribution in [-0.4, -0.2) is 12.8 Å². The van der Waals surface area contributed by atoms with Gasteiger partial charge in [0.05, 0.1) is 5.71 Å². The molecular weight excluding hydrogens is 220 g/mol. The minimum Gasteiger partial charge on any atom is -0.290 e. The van der Waals surface area contributed by atoms with Gasteiger partial charge < -0.3 is 0 Å². The van der Waals surface area contributed by atoms with E-state index in [4.69, 9.17) is 0 Å². The first-order chi connectivity index (χ1) is 7.54. The molecule has 1 rings (SSSR count). The topological polar surface area (TPSA) is 12.4 Å². The van der Waals surface area contributed by atoms with Crippen molar-refractivity contribution in [3.8, 4) is 0 Å². The fourth-order valence-electron chi connectivity index (χ4n) is 1.43. The summed E-state index contributed by atoms with van der Waals surface area (Å²) in [5.74, 6) is -0.197. The van der Waals surface area contributed by atoms with Gasteiger partial charge in [0.1, 0.15) is 5.83 Å². The lowest BCUT2D eigenvalue weighted by atomic mass is 10.0. The van der Waals surface area contributed by atoms with Crippen LogP contribution < -0.4 is 5.30 Å². The van der Waals surface area contributed by atoms with Gasteiger partial charge in [0, 0.05) is 7.05 Å². The third-order valence-corrected chi connectivity index (χ3v) is 2.86. The molecule has 3 heteroatoms. The van der Waals surface area contributed by atoms with Gasteiger partial charge in [0.2, 0.25) is 0 Å². The SMILES string of the molecule is C/N=C(C)\C(F)=C(\C)Cc1ccc(P)cc1. The standard InChI is InChI=1S/C13H17FNP/c1-9(13(14)10(2)15-3)8-11-4-6-12(16)7-5-11/h4-7H,8,16H2,1-3H3/b13-9+,15-10-. The van der Waals surface area contributed by atoms with Gasteiger partial charge in [-0.2, -0.15) is 0 Å². The molecule has 0 saturated heterocycles. The van der Waals surface area contributed by atoms with Crippen LogP contribution in [0.1, 0.15) is 19.4 Å². The molecule has 0 amide bonds. The molecule has 0 aromatic heterocycles. The summed E-state index contributed by atoms with van der Waals surface area (Å²) in [6.45, 7) is 3.49. The lowest BCUT2D eigenvalue weighted by molar-refractivity contribution is 0.662. The third-order valence-electron chi connectivity index (χ3n) is 2.48. The van der Waals surface area contributed by atoms with Crippen molar-refractivity contribution in [1.29, 1.82) is 0 Å². The zero-order valence-corrected chi connectivity index (χ0v) is 11.1. The molecule has 0 N–H and O–H groups in total. The Labute approximate surface area is 98.7 Å². The van der Waals surface area contributed by atoms with E-state index in [-0.39, 0.29) is 5.83 Å². The molecule has 1 aromatic carbocycles. The summed E-state index contributed by atoms with van der Waals surface area (Å²) in [4.78, 5) is 3.85. The number of benzene rings is 1. The van der Waals surface area contributed by atoms with Crippen LogP contribution in [0.5, 0.6) is 0 Å².